The molecule has 0 aliphatic heterocycles. The molecule has 17 heavy (non-hydrogen) atoms. The molecule has 2 aromatic rings. The first kappa shape index (κ1) is 11.3. The first-order chi connectivity index (χ1) is 8.09. The summed E-state index contributed by atoms with van der Waals surface area (Å²) in [6.07, 6.45) is 3.31. The molecule has 0 amide bonds. The maximum absolute atomic E-state index is 13.5. The lowest BCUT2D eigenvalue weighted by Crippen LogP contribution is -1.97. The molecule has 0 spiro atoms. The third-order valence-electron chi connectivity index (χ3n) is 2.60. The van der Waals surface area contributed by atoms with E-state index in [-0.39, 0.29) is 5.82 Å². The fourth-order valence-corrected chi connectivity index (χ4v) is 1.74. The minimum absolute atomic E-state index is 0.316. The molecule has 0 saturated heterocycles. The molecule has 86 valence electrons. The molecule has 0 fully saturated rings. The Morgan fingerprint density at radius 3 is 2.53 bits per heavy atom. The molecule has 3 heteroatoms. The van der Waals surface area contributed by atoms with Crippen molar-refractivity contribution in [2.24, 2.45) is 0 Å². The van der Waals surface area contributed by atoms with Gasteiger partial charge in [0.2, 0.25) is 0 Å². The number of hydrogen-bond donors (Lipinski definition) is 1. The molecule has 2 N–H and O–H groups in total. The number of halogens is 1. The second-order valence-electron chi connectivity index (χ2n) is 3.93. The third kappa shape index (κ3) is 2.18. The Hall–Kier alpha value is -2.16. The van der Waals surface area contributed by atoms with Crippen LogP contribution in [0.1, 0.15) is 12.5 Å². The Morgan fingerprint density at radius 2 is 1.94 bits per heavy atom. The van der Waals surface area contributed by atoms with Crippen LogP contribution in [0.2, 0.25) is 0 Å². The number of rotatable bonds is 2. The van der Waals surface area contributed by atoms with Crippen molar-refractivity contribution in [1.29, 1.82) is 0 Å². The topological polar surface area (TPSA) is 38.9 Å². The first-order valence-corrected chi connectivity index (χ1v) is 5.25. The Labute approximate surface area is 99.6 Å². The minimum Gasteiger partial charge on any atom is -0.398 e. The molecular weight excluding hydrogens is 215 g/mol. The van der Waals surface area contributed by atoms with Crippen LogP contribution in [0.4, 0.5) is 10.1 Å². The van der Waals surface area contributed by atoms with Crippen molar-refractivity contribution in [2.45, 2.75) is 6.92 Å². The average Bonchev–Trinajstić information content (AvgIpc) is 2.32. The van der Waals surface area contributed by atoms with Crippen LogP contribution in [0.3, 0.4) is 0 Å². The van der Waals surface area contributed by atoms with Gasteiger partial charge in [-0.15, -0.1) is 0 Å². The lowest BCUT2D eigenvalue weighted by atomic mass is 9.98. The van der Waals surface area contributed by atoms with E-state index in [4.69, 9.17) is 5.73 Å². The molecule has 1 heterocycles. The molecule has 1 aromatic heterocycles. The lowest BCUT2D eigenvalue weighted by Gasteiger charge is -2.11. The van der Waals surface area contributed by atoms with Gasteiger partial charge in [0.1, 0.15) is 5.82 Å². The molecule has 0 radical (unpaired) electrons. The van der Waals surface area contributed by atoms with Gasteiger partial charge in [0.15, 0.2) is 0 Å². The van der Waals surface area contributed by atoms with E-state index >= 15 is 0 Å². The van der Waals surface area contributed by atoms with Crippen molar-refractivity contribution in [3.63, 3.8) is 0 Å². The van der Waals surface area contributed by atoms with Crippen molar-refractivity contribution < 1.29 is 4.39 Å². The van der Waals surface area contributed by atoms with Gasteiger partial charge in [-0.25, -0.2) is 4.39 Å². The van der Waals surface area contributed by atoms with Crippen LogP contribution in [0, 0.1) is 5.82 Å². The Morgan fingerprint density at radius 1 is 1.29 bits per heavy atom. The molecule has 0 saturated carbocycles. The van der Waals surface area contributed by atoms with Gasteiger partial charge in [0.05, 0.1) is 0 Å². The van der Waals surface area contributed by atoms with Gasteiger partial charge < -0.3 is 5.73 Å². The van der Waals surface area contributed by atoms with Gasteiger partial charge in [-0.1, -0.05) is 6.58 Å². The lowest BCUT2D eigenvalue weighted by molar-refractivity contribution is 0.628. The number of anilines is 1. The summed E-state index contributed by atoms with van der Waals surface area (Å²) in [4.78, 5) is 3.93. The first-order valence-electron chi connectivity index (χ1n) is 5.25. The molecule has 0 bridgehead atoms. The fraction of sp³-hybridized carbons (Fsp3) is 0.0714. The zero-order chi connectivity index (χ0) is 12.4. The van der Waals surface area contributed by atoms with Crippen LogP contribution in [0.15, 0.2) is 43.2 Å². The number of nitrogens with zero attached hydrogens (tertiary/aromatic N) is 1. The van der Waals surface area contributed by atoms with Gasteiger partial charge in [-0.3, -0.25) is 4.98 Å². The number of hydrogen-bond acceptors (Lipinski definition) is 2. The standard InChI is InChI=1S/C14H13FN2/c1-9(2)12-7-11(15)8-13(14(12)16)10-3-5-17-6-4-10/h3-8H,1,16H2,2H3. The summed E-state index contributed by atoms with van der Waals surface area (Å²) in [6, 6.07) is 6.43. The summed E-state index contributed by atoms with van der Waals surface area (Å²) in [5, 5.41) is 0. The van der Waals surface area contributed by atoms with E-state index in [1.807, 2.05) is 6.92 Å². The van der Waals surface area contributed by atoms with E-state index in [1.54, 1.807) is 24.5 Å². The van der Waals surface area contributed by atoms with Crippen molar-refractivity contribution in [3.05, 3.63) is 54.6 Å². The summed E-state index contributed by atoms with van der Waals surface area (Å²) in [6.45, 7) is 5.61. The van der Waals surface area contributed by atoms with Crippen LogP contribution in [0.25, 0.3) is 16.7 Å². The van der Waals surface area contributed by atoms with E-state index in [0.29, 0.717) is 16.8 Å². The van der Waals surface area contributed by atoms with Gasteiger partial charge in [-0.2, -0.15) is 0 Å². The van der Waals surface area contributed by atoms with E-state index in [2.05, 4.69) is 11.6 Å². The maximum Gasteiger partial charge on any atom is 0.124 e. The summed E-state index contributed by atoms with van der Waals surface area (Å²) in [7, 11) is 0. The SMILES string of the molecule is C=C(C)c1cc(F)cc(-c2ccncc2)c1N. The van der Waals surface area contributed by atoms with Gasteiger partial charge in [0.25, 0.3) is 0 Å². The zero-order valence-electron chi connectivity index (χ0n) is 9.57. The van der Waals surface area contributed by atoms with Gasteiger partial charge >= 0.3 is 0 Å². The summed E-state index contributed by atoms with van der Waals surface area (Å²) in [5.41, 5.74) is 9.50. The second kappa shape index (κ2) is 4.37. The average molecular weight is 228 g/mol. The highest BCUT2D eigenvalue weighted by Gasteiger charge is 2.10. The predicted molar refractivity (Wildman–Crippen MR) is 68.8 cm³/mol. The zero-order valence-corrected chi connectivity index (χ0v) is 9.57. The highest BCUT2D eigenvalue weighted by Crippen LogP contribution is 2.32. The number of benzene rings is 1. The number of pyridine rings is 1. The van der Waals surface area contributed by atoms with Crippen molar-refractivity contribution >= 4 is 11.3 Å². The van der Waals surface area contributed by atoms with Crippen molar-refractivity contribution in [3.8, 4) is 11.1 Å². The van der Waals surface area contributed by atoms with E-state index in [9.17, 15) is 4.39 Å². The third-order valence-corrected chi connectivity index (χ3v) is 2.60. The Bertz CT molecular complexity index is 562. The molecule has 0 atom stereocenters. The number of nitrogens with two attached hydrogens (primary N) is 1. The van der Waals surface area contributed by atoms with E-state index < -0.39 is 0 Å². The van der Waals surface area contributed by atoms with Crippen LogP contribution in [-0.4, -0.2) is 4.98 Å². The smallest absolute Gasteiger partial charge is 0.124 e. The molecule has 1 aromatic carbocycles. The van der Waals surface area contributed by atoms with E-state index in [1.165, 1.54) is 12.1 Å². The summed E-state index contributed by atoms with van der Waals surface area (Å²) >= 11 is 0. The monoisotopic (exact) mass is 228 g/mol. The minimum atomic E-state index is -0.316. The van der Waals surface area contributed by atoms with Gasteiger partial charge in [0, 0.05) is 29.2 Å². The highest BCUT2D eigenvalue weighted by atomic mass is 19.1. The van der Waals surface area contributed by atoms with Crippen molar-refractivity contribution in [1.82, 2.24) is 4.98 Å². The van der Waals surface area contributed by atoms with Gasteiger partial charge in [-0.05, 0) is 42.3 Å². The summed E-state index contributed by atoms with van der Waals surface area (Å²) < 4.78 is 13.5. The Balaban J connectivity index is 2.67. The highest BCUT2D eigenvalue weighted by molar-refractivity contribution is 5.85. The molecule has 0 aliphatic carbocycles. The molecule has 2 nitrogen and oxygen atoms in total. The maximum atomic E-state index is 13.5. The fourth-order valence-electron chi connectivity index (χ4n) is 1.74. The van der Waals surface area contributed by atoms with Crippen LogP contribution in [-0.2, 0) is 0 Å². The molecular formula is C14H13FN2. The molecule has 2 rings (SSSR count). The van der Waals surface area contributed by atoms with Crippen LogP contribution < -0.4 is 5.73 Å². The summed E-state index contributed by atoms with van der Waals surface area (Å²) in [5.74, 6) is -0.316. The van der Waals surface area contributed by atoms with Crippen LogP contribution in [0.5, 0.6) is 0 Å². The number of nitrogen functional groups attached to an aromatic ring is 1. The van der Waals surface area contributed by atoms with Crippen LogP contribution >= 0.6 is 0 Å². The number of allylic oxidation sites excluding steroid dienone is 1. The predicted octanol–water partition coefficient (Wildman–Crippen LogP) is 3.50. The van der Waals surface area contributed by atoms with E-state index in [0.717, 1.165) is 11.1 Å². The molecule has 0 aliphatic rings. The second-order valence-corrected chi connectivity index (χ2v) is 3.93. The molecule has 0 unspecified atom stereocenters. The Kier molecular flexibility index (Phi) is 2.91. The largest absolute Gasteiger partial charge is 0.398 e. The number of aromatic nitrogens is 1. The quantitative estimate of drug-likeness (QED) is 0.799. The van der Waals surface area contributed by atoms with Crippen molar-refractivity contribution in [2.75, 3.05) is 5.73 Å². The normalized spacial score (nSPS) is 10.2.